The Balaban J connectivity index is 2.36. The third-order valence-electron chi connectivity index (χ3n) is 2.96. The van der Waals surface area contributed by atoms with Crippen LogP contribution in [0, 0.1) is 11.3 Å². The van der Waals surface area contributed by atoms with Crippen molar-refractivity contribution in [3.05, 3.63) is 41.2 Å². The molecule has 0 unspecified atom stereocenters. The third-order valence-corrected chi connectivity index (χ3v) is 2.96. The Kier molecular flexibility index (Phi) is 3.89. The summed E-state index contributed by atoms with van der Waals surface area (Å²) in [5, 5.41) is 16.1. The Hall–Kier alpha value is -2.49. The fourth-order valence-corrected chi connectivity index (χ4v) is 2.02. The van der Waals surface area contributed by atoms with Crippen LogP contribution in [0.5, 0.6) is 0 Å². The van der Waals surface area contributed by atoms with Crippen LogP contribution in [0.2, 0.25) is 0 Å². The maximum atomic E-state index is 12.7. The quantitative estimate of drug-likeness (QED) is 0.940. The van der Waals surface area contributed by atoms with Gasteiger partial charge in [-0.15, -0.1) is 0 Å². The van der Waals surface area contributed by atoms with Gasteiger partial charge in [-0.3, -0.25) is 4.68 Å². The van der Waals surface area contributed by atoms with Crippen LogP contribution in [-0.4, -0.2) is 9.78 Å². The molecule has 4 nitrogen and oxygen atoms in total. The highest BCUT2D eigenvalue weighted by Crippen LogP contribution is 2.33. The van der Waals surface area contributed by atoms with Crippen molar-refractivity contribution in [2.75, 3.05) is 5.32 Å². The number of benzene rings is 1. The van der Waals surface area contributed by atoms with Crippen LogP contribution in [0.4, 0.5) is 24.5 Å². The molecule has 2 aromatic rings. The summed E-state index contributed by atoms with van der Waals surface area (Å²) in [6, 6.07) is 4.98. The average molecular weight is 294 g/mol. The summed E-state index contributed by atoms with van der Waals surface area (Å²) < 4.78 is 39.8. The topological polar surface area (TPSA) is 53.6 Å². The molecule has 0 amide bonds. The normalized spacial score (nSPS) is 11.2. The van der Waals surface area contributed by atoms with Gasteiger partial charge >= 0.3 is 6.18 Å². The standard InChI is InChI=1S/C14H13F3N4/c1-3-12-13(8-21(2)20-12)19-10-4-5-11(14(15,16)17)9(6-10)7-18/h4-6,8,19H,3H2,1-2H3. The van der Waals surface area contributed by atoms with Crippen LogP contribution in [-0.2, 0) is 19.6 Å². The van der Waals surface area contributed by atoms with Crippen molar-refractivity contribution in [2.24, 2.45) is 7.05 Å². The van der Waals surface area contributed by atoms with E-state index in [1.165, 1.54) is 12.1 Å². The molecule has 0 radical (unpaired) electrons. The fraction of sp³-hybridized carbons (Fsp3) is 0.286. The van der Waals surface area contributed by atoms with Gasteiger partial charge in [0, 0.05) is 18.9 Å². The van der Waals surface area contributed by atoms with Crippen LogP contribution in [0.1, 0.15) is 23.7 Å². The van der Waals surface area contributed by atoms with Crippen LogP contribution < -0.4 is 5.32 Å². The first kappa shape index (κ1) is 14.9. The van der Waals surface area contributed by atoms with E-state index in [-0.39, 0.29) is 0 Å². The second kappa shape index (κ2) is 5.48. The molecule has 1 aromatic heterocycles. The molecular weight excluding hydrogens is 281 g/mol. The van der Waals surface area contributed by atoms with E-state index >= 15 is 0 Å². The summed E-state index contributed by atoms with van der Waals surface area (Å²) in [4.78, 5) is 0. The van der Waals surface area contributed by atoms with Crippen molar-refractivity contribution in [2.45, 2.75) is 19.5 Å². The van der Waals surface area contributed by atoms with E-state index in [2.05, 4.69) is 10.4 Å². The maximum Gasteiger partial charge on any atom is 0.417 e. The van der Waals surface area contributed by atoms with Crippen molar-refractivity contribution in [3.63, 3.8) is 0 Å². The summed E-state index contributed by atoms with van der Waals surface area (Å²) in [5.41, 5.74) is 0.591. The highest BCUT2D eigenvalue weighted by Gasteiger charge is 2.33. The van der Waals surface area contributed by atoms with Crippen molar-refractivity contribution in [1.82, 2.24) is 9.78 Å². The highest BCUT2D eigenvalue weighted by atomic mass is 19.4. The number of nitrogens with one attached hydrogen (secondary N) is 1. The van der Waals surface area contributed by atoms with E-state index in [4.69, 9.17) is 5.26 Å². The molecule has 2 rings (SSSR count). The predicted octanol–water partition coefficient (Wildman–Crippen LogP) is 3.62. The lowest BCUT2D eigenvalue weighted by molar-refractivity contribution is -0.137. The third kappa shape index (κ3) is 3.16. The molecule has 0 aliphatic rings. The smallest absolute Gasteiger partial charge is 0.353 e. The van der Waals surface area contributed by atoms with Gasteiger partial charge in [0.25, 0.3) is 0 Å². The lowest BCUT2D eigenvalue weighted by Crippen LogP contribution is -2.08. The monoisotopic (exact) mass is 294 g/mol. The number of anilines is 2. The first-order valence-corrected chi connectivity index (χ1v) is 6.26. The lowest BCUT2D eigenvalue weighted by atomic mass is 10.1. The predicted molar refractivity (Wildman–Crippen MR) is 72.0 cm³/mol. The Bertz CT molecular complexity index is 695. The summed E-state index contributed by atoms with van der Waals surface area (Å²) in [7, 11) is 1.76. The van der Waals surface area contributed by atoms with Crippen LogP contribution in [0.25, 0.3) is 0 Å². The van der Waals surface area contributed by atoms with Gasteiger partial charge in [0.05, 0.1) is 28.6 Å². The minimum Gasteiger partial charge on any atom is -0.353 e. The van der Waals surface area contributed by atoms with Gasteiger partial charge in [-0.2, -0.15) is 23.5 Å². The van der Waals surface area contributed by atoms with Gasteiger partial charge in [0.2, 0.25) is 0 Å². The van der Waals surface area contributed by atoms with Gasteiger partial charge in [0.1, 0.15) is 0 Å². The van der Waals surface area contributed by atoms with Gasteiger partial charge in [0.15, 0.2) is 0 Å². The molecule has 0 bridgehead atoms. The number of aryl methyl sites for hydroxylation is 2. The zero-order valence-electron chi connectivity index (χ0n) is 11.5. The molecule has 0 spiro atoms. The summed E-state index contributed by atoms with van der Waals surface area (Å²) in [6.07, 6.45) is -2.11. The molecule has 0 aliphatic carbocycles. The van der Waals surface area contributed by atoms with Crippen LogP contribution >= 0.6 is 0 Å². The Labute approximate surface area is 119 Å². The van der Waals surface area contributed by atoms with Crippen LogP contribution in [0.15, 0.2) is 24.4 Å². The van der Waals surface area contributed by atoms with E-state index in [0.717, 1.165) is 11.8 Å². The number of halogens is 3. The fourth-order valence-electron chi connectivity index (χ4n) is 2.02. The molecule has 0 atom stereocenters. The van der Waals surface area contributed by atoms with Gasteiger partial charge in [-0.1, -0.05) is 6.92 Å². The minimum absolute atomic E-state index is 0.408. The zero-order valence-corrected chi connectivity index (χ0v) is 11.5. The Morgan fingerprint density at radius 2 is 2.10 bits per heavy atom. The minimum atomic E-state index is -4.54. The molecule has 1 heterocycles. The first-order chi connectivity index (χ1) is 9.85. The zero-order chi connectivity index (χ0) is 15.6. The first-order valence-electron chi connectivity index (χ1n) is 6.26. The summed E-state index contributed by atoms with van der Waals surface area (Å²) in [6.45, 7) is 1.93. The van der Waals surface area contributed by atoms with Gasteiger partial charge in [-0.05, 0) is 24.6 Å². The number of alkyl halides is 3. The molecular formula is C14H13F3N4. The molecule has 0 aliphatic heterocycles. The number of hydrogen-bond acceptors (Lipinski definition) is 3. The highest BCUT2D eigenvalue weighted by molar-refractivity contribution is 5.64. The Morgan fingerprint density at radius 1 is 1.38 bits per heavy atom. The van der Waals surface area contributed by atoms with E-state index in [1.807, 2.05) is 6.92 Å². The molecule has 21 heavy (non-hydrogen) atoms. The molecule has 0 saturated heterocycles. The Morgan fingerprint density at radius 3 is 2.67 bits per heavy atom. The van der Waals surface area contributed by atoms with E-state index < -0.39 is 17.3 Å². The number of nitrogens with zero attached hydrogens (tertiary/aromatic N) is 3. The number of nitriles is 1. The van der Waals surface area contributed by atoms with E-state index in [0.29, 0.717) is 17.8 Å². The molecule has 0 saturated carbocycles. The van der Waals surface area contributed by atoms with Crippen molar-refractivity contribution in [1.29, 1.82) is 5.26 Å². The van der Waals surface area contributed by atoms with Crippen molar-refractivity contribution < 1.29 is 13.2 Å². The van der Waals surface area contributed by atoms with Crippen LogP contribution in [0.3, 0.4) is 0 Å². The van der Waals surface area contributed by atoms with E-state index in [1.54, 1.807) is 24.0 Å². The van der Waals surface area contributed by atoms with Gasteiger partial charge < -0.3 is 5.32 Å². The molecule has 110 valence electrons. The molecule has 0 fully saturated rings. The summed E-state index contributed by atoms with van der Waals surface area (Å²) in [5.74, 6) is 0. The lowest BCUT2D eigenvalue weighted by Gasteiger charge is -2.11. The molecule has 1 aromatic carbocycles. The van der Waals surface area contributed by atoms with Crippen molar-refractivity contribution in [3.8, 4) is 6.07 Å². The number of rotatable bonds is 3. The second-order valence-electron chi connectivity index (χ2n) is 4.51. The van der Waals surface area contributed by atoms with Crippen molar-refractivity contribution >= 4 is 11.4 Å². The maximum absolute atomic E-state index is 12.7. The second-order valence-corrected chi connectivity index (χ2v) is 4.51. The number of hydrogen-bond donors (Lipinski definition) is 1. The largest absolute Gasteiger partial charge is 0.417 e. The van der Waals surface area contributed by atoms with E-state index in [9.17, 15) is 13.2 Å². The number of aromatic nitrogens is 2. The average Bonchev–Trinajstić information content (AvgIpc) is 2.77. The molecule has 1 N–H and O–H groups in total. The summed E-state index contributed by atoms with van der Waals surface area (Å²) >= 11 is 0. The SMILES string of the molecule is CCc1nn(C)cc1Nc1ccc(C(F)(F)F)c(C#N)c1. The molecule has 7 heteroatoms. The van der Waals surface area contributed by atoms with Gasteiger partial charge in [-0.25, -0.2) is 0 Å².